The predicted molar refractivity (Wildman–Crippen MR) is 146 cm³/mol. The summed E-state index contributed by atoms with van der Waals surface area (Å²) < 4.78 is 4.77. The fourth-order valence-electron chi connectivity index (χ4n) is 5.96. The first kappa shape index (κ1) is 26.8. The van der Waals surface area contributed by atoms with Crippen molar-refractivity contribution in [3.63, 3.8) is 0 Å². The van der Waals surface area contributed by atoms with Crippen LogP contribution in [0.4, 0.5) is 0 Å². The van der Waals surface area contributed by atoms with E-state index >= 15 is 0 Å². The Morgan fingerprint density at radius 3 is 2.26 bits per heavy atom. The average molecular weight is 555 g/mol. The van der Waals surface area contributed by atoms with Crippen LogP contribution in [-0.4, -0.2) is 75.0 Å². The Balaban J connectivity index is 1.49. The Kier molecular flexibility index (Phi) is 7.57. The van der Waals surface area contributed by atoms with Crippen LogP contribution in [0.15, 0.2) is 60.7 Å². The number of carbonyl (C=O) groups excluding carboxylic acids is 4. The lowest BCUT2D eigenvalue weighted by Crippen LogP contribution is -2.80. The Hall–Kier alpha value is -2.82. The fourth-order valence-corrected chi connectivity index (χ4v) is 9.72. The highest BCUT2D eigenvalue weighted by atomic mass is 32.2. The van der Waals surface area contributed by atoms with Crippen molar-refractivity contribution in [1.82, 2.24) is 10.6 Å². The molecule has 0 unspecified atom stereocenters. The van der Waals surface area contributed by atoms with E-state index in [2.05, 4.69) is 10.6 Å². The van der Waals surface area contributed by atoms with Crippen molar-refractivity contribution in [2.75, 3.05) is 18.6 Å². The molecule has 2 aliphatic heterocycles. The Labute approximate surface area is 229 Å². The summed E-state index contributed by atoms with van der Waals surface area (Å²) in [6.45, 7) is 0. The number of fused-ring (bicyclic) bond motifs is 4. The highest BCUT2D eigenvalue weighted by Crippen LogP contribution is 2.59. The summed E-state index contributed by atoms with van der Waals surface area (Å²) in [4.78, 5) is 52.3. The number of methoxy groups -OCH3 is 1. The Morgan fingerprint density at radius 1 is 1.00 bits per heavy atom. The van der Waals surface area contributed by atoms with Gasteiger partial charge in [-0.15, -0.1) is 11.8 Å². The summed E-state index contributed by atoms with van der Waals surface area (Å²) in [5.74, 6) is -0.976. The van der Waals surface area contributed by atoms with Gasteiger partial charge < -0.3 is 20.5 Å². The largest absolute Gasteiger partial charge is 0.469 e. The van der Waals surface area contributed by atoms with E-state index in [1.165, 1.54) is 30.6 Å². The molecule has 2 aromatic rings. The lowest BCUT2D eigenvalue weighted by Gasteiger charge is -2.52. The summed E-state index contributed by atoms with van der Waals surface area (Å²) in [5, 5.41) is 17.7. The molecule has 5 rings (SSSR count). The number of amides is 2. The van der Waals surface area contributed by atoms with Crippen LogP contribution in [0.2, 0.25) is 0 Å². The van der Waals surface area contributed by atoms with E-state index in [-0.39, 0.29) is 35.8 Å². The molecule has 6 atom stereocenters. The van der Waals surface area contributed by atoms with Gasteiger partial charge >= 0.3 is 5.97 Å². The van der Waals surface area contributed by atoms with Gasteiger partial charge in [-0.2, -0.15) is 11.8 Å². The van der Waals surface area contributed by atoms with Gasteiger partial charge in [0, 0.05) is 34.3 Å². The van der Waals surface area contributed by atoms with Crippen LogP contribution in [0.25, 0.3) is 0 Å². The second-order valence-electron chi connectivity index (χ2n) is 9.92. The molecule has 38 heavy (non-hydrogen) atoms. The molecule has 200 valence electrons. The number of hydrogen-bond acceptors (Lipinski definition) is 8. The predicted octanol–water partition coefficient (Wildman–Crippen LogP) is 2.46. The maximum atomic E-state index is 14.1. The highest BCUT2D eigenvalue weighted by molar-refractivity contribution is 8.02. The van der Waals surface area contributed by atoms with Gasteiger partial charge in [-0.3, -0.25) is 19.2 Å². The first-order valence-corrected chi connectivity index (χ1v) is 14.7. The molecule has 0 spiro atoms. The molecule has 1 saturated carbocycles. The van der Waals surface area contributed by atoms with E-state index < -0.39 is 33.6 Å². The first-order valence-electron chi connectivity index (χ1n) is 12.6. The van der Waals surface area contributed by atoms with Gasteiger partial charge in [0.15, 0.2) is 5.78 Å². The molecule has 0 aromatic heterocycles. The maximum Gasteiger partial charge on any atom is 0.305 e. The number of carbonyl (C=O) groups is 4. The SMILES string of the molecule is COC(=O)CCC[C@@H]1[C@H]2SC[C@@](NC(=O)c3ccccc3)(C2=O)[C@]2(O)[C@H](NC(=O)c3ccccc3)CS[C@@H]12. The zero-order valence-electron chi connectivity index (χ0n) is 20.9. The molecule has 3 N–H and O–H groups in total. The maximum absolute atomic E-state index is 14.1. The van der Waals surface area contributed by atoms with Gasteiger partial charge in [0.05, 0.1) is 18.4 Å². The fraction of sp³-hybridized carbons (Fsp3) is 0.429. The van der Waals surface area contributed by atoms with Gasteiger partial charge in [0.2, 0.25) is 0 Å². The van der Waals surface area contributed by atoms with E-state index in [1.807, 2.05) is 6.07 Å². The van der Waals surface area contributed by atoms with E-state index in [1.54, 1.807) is 54.6 Å². The number of benzene rings is 2. The van der Waals surface area contributed by atoms with Crippen molar-refractivity contribution in [3.8, 4) is 0 Å². The number of nitrogens with one attached hydrogen (secondary N) is 2. The molecule has 8 nitrogen and oxygen atoms in total. The zero-order chi connectivity index (χ0) is 26.9. The number of Topliss-reactive ketones (excluding diaryl/α,β-unsaturated/α-hetero) is 1. The van der Waals surface area contributed by atoms with E-state index in [0.29, 0.717) is 29.7 Å². The monoisotopic (exact) mass is 554 g/mol. The van der Waals surface area contributed by atoms with Crippen molar-refractivity contribution in [3.05, 3.63) is 71.8 Å². The first-order chi connectivity index (χ1) is 18.3. The summed E-state index contributed by atoms with van der Waals surface area (Å²) in [6.07, 6.45) is 1.28. The molecular weight excluding hydrogens is 524 g/mol. The Morgan fingerprint density at radius 2 is 1.63 bits per heavy atom. The van der Waals surface area contributed by atoms with E-state index in [4.69, 9.17) is 4.74 Å². The van der Waals surface area contributed by atoms with Crippen molar-refractivity contribution < 1.29 is 29.0 Å². The van der Waals surface area contributed by atoms with Crippen LogP contribution in [0.5, 0.6) is 0 Å². The van der Waals surface area contributed by atoms with Crippen LogP contribution in [0.3, 0.4) is 0 Å². The Bertz CT molecular complexity index is 1230. The topological polar surface area (TPSA) is 122 Å². The van der Waals surface area contributed by atoms with Gasteiger partial charge in [0.1, 0.15) is 11.1 Å². The average Bonchev–Trinajstić information content (AvgIpc) is 3.42. The van der Waals surface area contributed by atoms with Gasteiger partial charge in [0.25, 0.3) is 11.8 Å². The number of esters is 1. The van der Waals surface area contributed by atoms with Crippen molar-refractivity contribution in [2.45, 2.75) is 46.9 Å². The molecular formula is C28H30N2O6S2. The number of ether oxygens (including phenoxy) is 1. The lowest BCUT2D eigenvalue weighted by atomic mass is 9.61. The minimum absolute atomic E-state index is 0.202. The standard InChI is InChI=1S/C28H30N2O6S2/c1-36-21(31)14-8-13-19-22-23(32)27(16-38-22,30-26(34)18-11-6-3-7-12-18)28(35)20(15-37-24(19)28)29-25(33)17-9-4-2-5-10-17/h2-7,9-12,19-20,22,24,35H,8,13-16H2,1H3,(H,29,33)(H,30,34)/t19-,20-,22-,24+,27-,28+/m1/s1. The highest BCUT2D eigenvalue weighted by Gasteiger charge is 2.75. The molecule has 2 heterocycles. The summed E-state index contributed by atoms with van der Waals surface area (Å²) >= 11 is 2.95. The normalized spacial score (nSPS) is 31.4. The quantitative estimate of drug-likeness (QED) is 0.426. The van der Waals surface area contributed by atoms with Crippen LogP contribution in [0, 0.1) is 5.92 Å². The summed E-state index contributed by atoms with van der Waals surface area (Å²) in [6, 6.07) is 16.5. The number of ketones is 1. The number of aliphatic hydroxyl groups is 1. The third-order valence-corrected chi connectivity index (χ3v) is 11.0. The minimum atomic E-state index is -1.72. The van der Waals surface area contributed by atoms with Gasteiger partial charge in [-0.05, 0) is 43.0 Å². The lowest BCUT2D eigenvalue weighted by molar-refractivity contribution is -0.145. The van der Waals surface area contributed by atoms with Crippen LogP contribution < -0.4 is 10.6 Å². The molecule has 1 aliphatic carbocycles. The molecule has 10 heteroatoms. The minimum Gasteiger partial charge on any atom is -0.469 e. The van der Waals surface area contributed by atoms with Gasteiger partial charge in [-0.25, -0.2) is 0 Å². The summed E-state index contributed by atoms with van der Waals surface area (Å²) in [5.41, 5.74) is -2.45. The molecule has 2 bridgehead atoms. The second-order valence-corrected chi connectivity index (χ2v) is 12.2. The smallest absolute Gasteiger partial charge is 0.305 e. The van der Waals surface area contributed by atoms with Crippen molar-refractivity contribution >= 4 is 47.1 Å². The van der Waals surface area contributed by atoms with Crippen LogP contribution in [-0.2, 0) is 14.3 Å². The second kappa shape index (κ2) is 10.7. The number of hydrogen-bond donors (Lipinski definition) is 3. The van der Waals surface area contributed by atoms with E-state index in [0.717, 1.165) is 0 Å². The van der Waals surface area contributed by atoms with Crippen LogP contribution >= 0.6 is 23.5 Å². The molecule has 3 fully saturated rings. The molecule has 2 saturated heterocycles. The molecule has 2 aromatic carbocycles. The zero-order valence-corrected chi connectivity index (χ0v) is 22.6. The molecule has 0 radical (unpaired) electrons. The number of thioether (sulfide) groups is 2. The molecule has 2 amide bonds. The van der Waals surface area contributed by atoms with Crippen molar-refractivity contribution in [1.29, 1.82) is 0 Å². The number of rotatable bonds is 8. The third-order valence-electron chi connectivity index (χ3n) is 7.88. The molecule has 3 aliphatic rings. The van der Waals surface area contributed by atoms with E-state index in [9.17, 15) is 24.3 Å². The van der Waals surface area contributed by atoms with Gasteiger partial charge in [-0.1, -0.05) is 36.4 Å². The van der Waals surface area contributed by atoms with Crippen LogP contribution in [0.1, 0.15) is 40.0 Å². The third kappa shape index (κ3) is 4.42. The summed E-state index contributed by atoms with van der Waals surface area (Å²) in [7, 11) is 1.34. The van der Waals surface area contributed by atoms with Crippen molar-refractivity contribution in [2.24, 2.45) is 5.92 Å².